The zero-order chi connectivity index (χ0) is 12.5. The topological polar surface area (TPSA) is 0 Å². The van der Waals surface area contributed by atoms with Crippen molar-refractivity contribution < 1.29 is 0 Å². The second-order valence-electron chi connectivity index (χ2n) is 3.91. The first kappa shape index (κ1) is 18.2. The summed E-state index contributed by atoms with van der Waals surface area (Å²) in [5, 5.41) is 0. The predicted octanol–water partition coefficient (Wildman–Crippen LogP) is 5.73. The standard InChI is InChI=1S/C5H10Cl2Si.C5H11ClSi/c1-3-5-8(6,7)4-2;1-4-5-7(2,3)6/h3H,1,4-5H2,2H3;4H,1,5H2,2-3H3. The van der Waals surface area contributed by atoms with Gasteiger partial charge in [-0.05, 0) is 18.1 Å². The smallest absolute Gasteiger partial charge is 0.167 e. The molecule has 0 bridgehead atoms. The van der Waals surface area contributed by atoms with Gasteiger partial charge in [0.2, 0.25) is 0 Å². The molecule has 0 aliphatic heterocycles. The van der Waals surface area contributed by atoms with E-state index in [4.69, 9.17) is 33.2 Å². The Bertz CT molecular complexity index is 186. The molecule has 0 nitrogen and oxygen atoms in total. The van der Waals surface area contributed by atoms with Crippen LogP contribution in [-0.2, 0) is 0 Å². The predicted molar refractivity (Wildman–Crippen MR) is 81.3 cm³/mol. The van der Waals surface area contributed by atoms with Crippen LogP contribution in [0.3, 0.4) is 0 Å². The van der Waals surface area contributed by atoms with Crippen molar-refractivity contribution in [2.75, 3.05) is 0 Å². The minimum atomic E-state index is -1.85. The van der Waals surface area contributed by atoms with Gasteiger partial charge in [-0.1, -0.05) is 32.2 Å². The van der Waals surface area contributed by atoms with E-state index in [1.165, 1.54) is 0 Å². The fourth-order valence-electron chi connectivity index (χ4n) is 0.699. The molecule has 0 fully saturated rings. The number of rotatable bonds is 5. The molecular weight excluding hydrogens is 283 g/mol. The number of allylic oxidation sites excluding steroid dienone is 2. The summed E-state index contributed by atoms with van der Waals surface area (Å²) in [6.07, 6.45) is 3.68. The molecule has 5 heteroatoms. The maximum Gasteiger partial charge on any atom is 0.254 e. The highest BCUT2D eigenvalue weighted by Gasteiger charge is 2.22. The average Bonchev–Trinajstić information content (AvgIpc) is 2.03. The Hall–Kier alpha value is 0.784. The Morgan fingerprint density at radius 3 is 1.47 bits per heavy atom. The van der Waals surface area contributed by atoms with Crippen molar-refractivity contribution in [3.05, 3.63) is 25.3 Å². The van der Waals surface area contributed by atoms with Crippen LogP contribution in [0.1, 0.15) is 6.92 Å². The van der Waals surface area contributed by atoms with Gasteiger partial charge in [0.1, 0.15) is 0 Å². The lowest BCUT2D eigenvalue weighted by Gasteiger charge is -2.08. The molecule has 0 aromatic carbocycles. The van der Waals surface area contributed by atoms with E-state index in [1.807, 2.05) is 13.0 Å². The van der Waals surface area contributed by atoms with E-state index in [9.17, 15) is 0 Å². The molecule has 0 amide bonds. The number of hydrogen-bond acceptors (Lipinski definition) is 0. The molecule has 0 saturated carbocycles. The van der Waals surface area contributed by atoms with E-state index in [0.717, 1.165) is 18.1 Å². The molecule has 90 valence electrons. The highest BCUT2D eigenvalue weighted by Crippen LogP contribution is 2.24. The van der Waals surface area contributed by atoms with E-state index < -0.39 is 14.1 Å². The third kappa shape index (κ3) is 17.4. The lowest BCUT2D eigenvalue weighted by molar-refractivity contribution is 1.40. The van der Waals surface area contributed by atoms with Crippen molar-refractivity contribution in [3.8, 4) is 0 Å². The van der Waals surface area contributed by atoms with Gasteiger partial charge in [0, 0.05) is 0 Å². The minimum Gasteiger partial charge on any atom is -0.167 e. The third-order valence-electron chi connectivity index (χ3n) is 1.59. The summed E-state index contributed by atoms with van der Waals surface area (Å²) >= 11 is 17.6. The Kier molecular flexibility index (Phi) is 10.8. The Labute approximate surface area is 110 Å². The van der Waals surface area contributed by atoms with Gasteiger partial charge in [0.25, 0.3) is 6.69 Å². The van der Waals surface area contributed by atoms with Crippen molar-refractivity contribution in [1.29, 1.82) is 0 Å². The summed E-state index contributed by atoms with van der Waals surface area (Å²) in [4.78, 5) is 0. The fraction of sp³-hybridized carbons (Fsp3) is 0.600. The van der Waals surface area contributed by atoms with Gasteiger partial charge < -0.3 is 0 Å². The van der Waals surface area contributed by atoms with E-state index in [0.29, 0.717) is 0 Å². The van der Waals surface area contributed by atoms with E-state index in [2.05, 4.69) is 26.3 Å². The van der Waals surface area contributed by atoms with Gasteiger partial charge in [-0.15, -0.1) is 35.3 Å². The minimum absolute atomic E-state index is 0.798. The van der Waals surface area contributed by atoms with Crippen LogP contribution < -0.4 is 0 Å². The molecule has 0 radical (unpaired) electrons. The van der Waals surface area contributed by atoms with Crippen LogP contribution in [0.25, 0.3) is 0 Å². The Balaban J connectivity index is 0. The van der Waals surface area contributed by atoms with Gasteiger partial charge in [0.15, 0.2) is 7.38 Å². The summed E-state index contributed by atoms with van der Waals surface area (Å²) in [6, 6.07) is 2.71. The number of halogens is 3. The third-order valence-corrected chi connectivity index (χ3v) is 7.76. The largest absolute Gasteiger partial charge is 0.254 e. The quantitative estimate of drug-likeness (QED) is 0.346. The molecule has 0 aliphatic carbocycles. The van der Waals surface area contributed by atoms with Gasteiger partial charge in [0.05, 0.1) is 0 Å². The second-order valence-corrected chi connectivity index (χ2v) is 18.6. The van der Waals surface area contributed by atoms with Crippen LogP contribution in [0.4, 0.5) is 0 Å². The van der Waals surface area contributed by atoms with Crippen molar-refractivity contribution in [3.63, 3.8) is 0 Å². The Morgan fingerprint density at radius 2 is 1.40 bits per heavy atom. The van der Waals surface area contributed by atoms with Crippen LogP contribution in [0.2, 0.25) is 31.2 Å². The van der Waals surface area contributed by atoms with E-state index in [-0.39, 0.29) is 0 Å². The van der Waals surface area contributed by atoms with Crippen LogP contribution in [0.5, 0.6) is 0 Å². The molecule has 0 aromatic rings. The van der Waals surface area contributed by atoms with E-state index >= 15 is 0 Å². The first-order valence-electron chi connectivity index (χ1n) is 4.97. The molecular formula is C10H21Cl3Si2. The summed E-state index contributed by atoms with van der Waals surface area (Å²) in [6.45, 7) is 11.5. The molecule has 0 heterocycles. The Morgan fingerprint density at radius 1 is 1.00 bits per heavy atom. The zero-order valence-corrected chi connectivity index (χ0v) is 14.1. The normalized spacial score (nSPS) is 11.3. The highest BCUT2D eigenvalue weighted by atomic mass is 35.7. The lowest BCUT2D eigenvalue weighted by atomic mass is 10.8. The fourth-order valence-corrected chi connectivity index (χ4v) is 3.08. The molecule has 0 atom stereocenters. The maximum atomic E-state index is 5.90. The van der Waals surface area contributed by atoms with Crippen LogP contribution in [0.15, 0.2) is 25.3 Å². The zero-order valence-electron chi connectivity index (χ0n) is 9.82. The van der Waals surface area contributed by atoms with Crippen molar-refractivity contribution in [1.82, 2.24) is 0 Å². The molecule has 0 rings (SSSR count). The van der Waals surface area contributed by atoms with Crippen molar-refractivity contribution in [2.45, 2.75) is 38.2 Å². The van der Waals surface area contributed by atoms with Gasteiger partial charge in [-0.25, -0.2) is 0 Å². The molecule has 0 N–H and O–H groups in total. The summed E-state index contributed by atoms with van der Waals surface area (Å²) < 4.78 is 0. The highest BCUT2D eigenvalue weighted by molar-refractivity contribution is 7.45. The summed E-state index contributed by atoms with van der Waals surface area (Å²) in [5.41, 5.74) is 0. The molecule has 0 aromatic heterocycles. The van der Waals surface area contributed by atoms with Gasteiger partial charge in [-0.3, -0.25) is 0 Å². The van der Waals surface area contributed by atoms with Crippen LogP contribution in [0, 0.1) is 0 Å². The van der Waals surface area contributed by atoms with Crippen molar-refractivity contribution >= 4 is 47.3 Å². The maximum absolute atomic E-state index is 5.90. The van der Waals surface area contributed by atoms with Crippen LogP contribution in [-0.4, -0.2) is 14.1 Å². The summed E-state index contributed by atoms with van der Waals surface area (Å²) in [7, 11) is -1.30. The van der Waals surface area contributed by atoms with Crippen LogP contribution >= 0.6 is 33.2 Å². The van der Waals surface area contributed by atoms with Gasteiger partial charge in [-0.2, -0.15) is 11.1 Å². The number of hydrogen-bond donors (Lipinski definition) is 0. The molecule has 0 spiro atoms. The first-order valence-corrected chi connectivity index (χ1v) is 13.6. The van der Waals surface area contributed by atoms with E-state index in [1.54, 1.807) is 6.08 Å². The second kappa shape index (κ2) is 8.88. The SMILES string of the molecule is C=CC[Si](C)(C)Cl.C=CC[Si](Cl)(Cl)CC. The molecule has 15 heavy (non-hydrogen) atoms. The monoisotopic (exact) mass is 302 g/mol. The first-order chi connectivity index (χ1) is 6.68. The average molecular weight is 304 g/mol. The molecule has 0 unspecified atom stereocenters. The molecule has 0 aliphatic rings. The summed E-state index contributed by atoms with van der Waals surface area (Å²) in [5.74, 6) is 0. The molecule has 0 saturated heterocycles. The van der Waals surface area contributed by atoms with Crippen molar-refractivity contribution in [2.24, 2.45) is 0 Å². The van der Waals surface area contributed by atoms with Gasteiger partial charge >= 0.3 is 0 Å². The lowest BCUT2D eigenvalue weighted by Crippen LogP contribution is -2.14.